The van der Waals surface area contributed by atoms with Crippen LogP contribution in [0.15, 0.2) is 0 Å². The van der Waals surface area contributed by atoms with Gasteiger partial charge >= 0.3 is 66.7 Å². The van der Waals surface area contributed by atoms with Crippen LogP contribution in [0.3, 0.4) is 0 Å². The van der Waals surface area contributed by atoms with Crippen LogP contribution in [0.1, 0.15) is 12.8 Å². The summed E-state index contributed by atoms with van der Waals surface area (Å²) in [5.74, 6) is -30.0. The van der Waals surface area contributed by atoms with Gasteiger partial charge in [-0.15, -0.1) is 0 Å². The summed E-state index contributed by atoms with van der Waals surface area (Å²) >= 11 is 0. The van der Waals surface area contributed by atoms with Crippen molar-refractivity contribution in [3.05, 3.63) is 0 Å². The molecule has 8 nitrogen and oxygen atoms in total. The van der Waals surface area contributed by atoms with Gasteiger partial charge in [0.05, 0.1) is 13.2 Å². The first-order valence-electron chi connectivity index (χ1n) is 8.45. The second kappa shape index (κ2) is 10.2. The Balaban J connectivity index is 5.36. The normalized spacial score (nSPS) is 16.2. The van der Waals surface area contributed by atoms with E-state index in [1.165, 1.54) is 0 Å². The quantitative estimate of drug-likeness (QED) is 0.151. The second-order valence-corrected chi connectivity index (χ2v) is 9.64. The summed E-state index contributed by atoms with van der Waals surface area (Å²) in [6, 6.07) is 0. The van der Waals surface area contributed by atoms with Crippen LogP contribution in [-0.4, -0.2) is 85.6 Å². The standard InChI is InChI=1S/C12H10F16O8S2/c13-5(14,7(17,18)11(25,26)37(29,30)31)9(21,22)35-3-1-2-4-36-10(23,24)6(15,16)8(19,20)12(27,28)38(32,33)34/h1-4H2,(H,29,30,31)(H,32,33,34). The second-order valence-electron chi connectivity index (χ2n) is 6.72. The summed E-state index contributed by atoms with van der Waals surface area (Å²) in [6.07, 6.45) is -16.3. The highest BCUT2D eigenvalue weighted by Gasteiger charge is 2.86. The summed E-state index contributed by atoms with van der Waals surface area (Å²) in [4.78, 5) is 0. The summed E-state index contributed by atoms with van der Waals surface area (Å²) in [5, 5.41) is -14.5. The third-order valence-electron chi connectivity index (χ3n) is 4.00. The highest BCUT2D eigenvalue weighted by Crippen LogP contribution is 2.55. The van der Waals surface area contributed by atoms with Crippen LogP contribution in [-0.2, 0) is 29.7 Å². The maximum absolute atomic E-state index is 13.3. The average molecular weight is 650 g/mol. The lowest BCUT2D eigenvalue weighted by Gasteiger charge is -2.35. The van der Waals surface area contributed by atoms with Crippen LogP contribution in [0.4, 0.5) is 70.2 Å². The van der Waals surface area contributed by atoms with E-state index in [1.807, 2.05) is 0 Å². The topological polar surface area (TPSA) is 127 Å². The van der Waals surface area contributed by atoms with Crippen molar-refractivity contribution in [1.29, 1.82) is 0 Å². The molecular formula is C12H10F16O8S2. The van der Waals surface area contributed by atoms with Gasteiger partial charge in [-0.25, -0.2) is 0 Å². The first kappa shape index (κ1) is 36.6. The number of unbranched alkanes of at least 4 members (excludes halogenated alkanes) is 1. The van der Waals surface area contributed by atoms with E-state index in [4.69, 9.17) is 9.11 Å². The van der Waals surface area contributed by atoms with Gasteiger partial charge in [0.2, 0.25) is 0 Å². The van der Waals surface area contributed by atoms with Gasteiger partial charge in [-0.05, 0) is 12.8 Å². The molecule has 38 heavy (non-hydrogen) atoms. The largest absolute Gasteiger partial charge is 0.438 e. The predicted octanol–water partition coefficient (Wildman–Crippen LogP) is 4.49. The molecule has 0 unspecified atom stereocenters. The number of halogens is 16. The van der Waals surface area contributed by atoms with Crippen LogP contribution in [0.25, 0.3) is 0 Å². The fourth-order valence-electron chi connectivity index (χ4n) is 1.84. The highest BCUT2D eigenvalue weighted by molar-refractivity contribution is 7.87. The van der Waals surface area contributed by atoms with Crippen LogP contribution < -0.4 is 0 Å². The molecule has 0 saturated heterocycles. The van der Waals surface area contributed by atoms with Crippen molar-refractivity contribution in [3.63, 3.8) is 0 Å². The van der Waals surface area contributed by atoms with Crippen LogP contribution in [0.5, 0.6) is 0 Å². The lowest BCUT2D eigenvalue weighted by molar-refractivity contribution is -0.420. The Kier molecular flexibility index (Phi) is 9.85. The van der Waals surface area contributed by atoms with E-state index in [1.54, 1.807) is 0 Å². The zero-order valence-corrected chi connectivity index (χ0v) is 18.7. The third kappa shape index (κ3) is 5.87. The number of alkyl halides is 16. The Bertz CT molecular complexity index is 972. The van der Waals surface area contributed by atoms with E-state index in [2.05, 4.69) is 9.47 Å². The highest BCUT2D eigenvalue weighted by atomic mass is 32.2. The predicted molar refractivity (Wildman–Crippen MR) is 83.8 cm³/mol. The molecule has 0 saturated carbocycles. The minimum absolute atomic E-state index is 1.45. The number of ether oxygens (including phenoxy) is 2. The van der Waals surface area contributed by atoms with Crippen molar-refractivity contribution in [1.82, 2.24) is 0 Å². The Labute approximate surface area is 199 Å². The van der Waals surface area contributed by atoms with Gasteiger partial charge in [0, 0.05) is 0 Å². The van der Waals surface area contributed by atoms with Crippen LogP contribution in [0.2, 0.25) is 0 Å². The Morgan fingerprint density at radius 2 is 0.658 bits per heavy atom. The van der Waals surface area contributed by atoms with Crippen molar-refractivity contribution < 1.29 is 106 Å². The molecule has 0 amide bonds. The van der Waals surface area contributed by atoms with Gasteiger partial charge < -0.3 is 9.47 Å². The number of rotatable bonds is 15. The van der Waals surface area contributed by atoms with Crippen LogP contribution >= 0.6 is 0 Å². The Hall–Kier alpha value is -1.38. The van der Waals surface area contributed by atoms with Gasteiger partial charge in [0.1, 0.15) is 0 Å². The third-order valence-corrected chi connectivity index (χ3v) is 5.81. The summed E-state index contributed by atoms with van der Waals surface area (Å²) < 4.78 is 273. The molecule has 0 aromatic heterocycles. The molecule has 230 valence electrons. The molecule has 26 heteroatoms. The monoisotopic (exact) mass is 650 g/mol. The minimum atomic E-state index is -7.57. The van der Waals surface area contributed by atoms with E-state index in [0.717, 1.165) is 0 Å². The van der Waals surface area contributed by atoms with Crippen molar-refractivity contribution in [2.75, 3.05) is 13.2 Å². The molecule has 0 atom stereocenters. The molecule has 0 aromatic rings. The molecule has 0 aliphatic rings. The fraction of sp³-hybridized carbons (Fsp3) is 1.00. The summed E-state index contributed by atoms with van der Waals surface area (Å²) in [6.45, 7) is -4.14. The first-order valence-corrected chi connectivity index (χ1v) is 11.3. The van der Waals surface area contributed by atoms with Gasteiger partial charge in [-0.2, -0.15) is 87.1 Å². The molecule has 2 N–H and O–H groups in total. The fourth-order valence-corrected chi connectivity index (χ4v) is 2.75. The Morgan fingerprint density at radius 3 is 0.842 bits per heavy atom. The van der Waals surface area contributed by atoms with E-state index < -0.39 is 92.7 Å². The van der Waals surface area contributed by atoms with Gasteiger partial charge in [-0.1, -0.05) is 0 Å². The molecule has 0 rings (SSSR count). The van der Waals surface area contributed by atoms with Gasteiger partial charge in [0.15, 0.2) is 0 Å². The maximum Gasteiger partial charge on any atom is 0.438 e. The van der Waals surface area contributed by atoms with Crippen LogP contribution in [0, 0.1) is 0 Å². The number of hydrogen-bond donors (Lipinski definition) is 2. The molecule has 0 radical (unpaired) electrons. The first-order chi connectivity index (χ1) is 16.2. The van der Waals surface area contributed by atoms with Gasteiger partial charge in [-0.3, -0.25) is 9.11 Å². The molecule has 0 aromatic carbocycles. The summed E-state index contributed by atoms with van der Waals surface area (Å²) in [5.41, 5.74) is 0. The van der Waals surface area contributed by atoms with Crippen molar-refractivity contribution in [3.8, 4) is 0 Å². The zero-order valence-electron chi connectivity index (χ0n) is 17.0. The zero-order chi connectivity index (χ0) is 31.2. The molecule has 0 bridgehead atoms. The van der Waals surface area contributed by atoms with Crippen molar-refractivity contribution in [2.45, 2.75) is 59.3 Å². The number of hydrogen-bond acceptors (Lipinski definition) is 6. The Morgan fingerprint density at radius 1 is 0.447 bits per heavy atom. The minimum Gasteiger partial charge on any atom is -0.316 e. The average Bonchev–Trinajstić information content (AvgIpc) is 2.67. The molecule has 0 heterocycles. The maximum atomic E-state index is 13.3. The summed E-state index contributed by atoms with van der Waals surface area (Å²) in [7, 11) is -14.9. The van der Waals surface area contributed by atoms with Gasteiger partial charge in [0.25, 0.3) is 0 Å². The molecular weight excluding hydrogens is 640 g/mol. The molecule has 0 aliphatic carbocycles. The smallest absolute Gasteiger partial charge is 0.316 e. The van der Waals surface area contributed by atoms with E-state index in [0.29, 0.717) is 0 Å². The molecule has 0 aliphatic heterocycles. The van der Waals surface area contributed by atoms with Crippen molar-refractivity contribution in [2.24, 2.45) is 0 Å². The van der Waals surface area contributed by atoms with E-state index in [-0.39, 0.29) is 0 Å². The molecule has 0 fully saturated rings. The SMILES string of the molecule is O=S(=O)(O)C(F)(F)C(F)(F)C(F)(F)C(F)(F)OCCCCOC(F)(F)C(F)(F)C(F)(F)C(F)(F)S(=O)(=O)O. The molecule has 0 spiro atoms. The van der Waals surface area contributed by atoms with E-state index >= 15 is 0 Å². The lowest BCUT2D eigenvalue weighted by Crippen LogP contribution is -2.65. The lowest BCUT2D eigenvalue weighted by atomic mass is 10.1. The van der Waals surface area contributed by atoms with E-state index in [9.17, 15) is 87.1 Å². The van der Waals surface area contributed by atoms with Crippen molar-refractivity contribution >= 4 is 20.2 Å².